The zero-order chi connectivity index (χ0) is 18.9. The van der Waals surface area contributed by atoms with Crippen molar-refractivity contribution in [2.75, 3.05) is 0 Å². The molecule has 1 fully saturated rings. The van der Waals surface area contributed by atoms with Crippen LogP contribution in [0.15, 0.2) is 18.2 Å². The summed E-state index contributed by atoms with van der Waals surface area (Å²) in [6.07, 6.45) is 2.89. The maximum atomic E-state index is 12.4. The second-order valence-electron chi connectivity index (χ2n) is 7.55. The molecular weight excluding hydrogens is 337 g/mol. The smallest absolute Gasteiger partial charge is 0.526 e. The van der Waals surface area contributed by atoms with Gasteiger partial charge in [0.15, 0.2) is 0 Å². The van der Waals surface area contributed by atoms with Crippen LogP contribution in [0.25, 0.3) is 0 Å². The number of Topliss-reactive ketones (excluding diaryl/α,β-unsaturated/α-hetero) is 1. The molecule has 1 aromatic rings. The molecule has 3 rings (SSSR count). The highest BCUT2D eigenvalue weighted by atomic mass is 16.5. The van der Waals surface area contributed by atoms with Gasteiger partial charge in [0.2, 0.25) is 0 Å². The molecule has 1 aromatic carbocycles. The van der Waals surface area contributed by atoms with Gasteiger partial charge in [0.1, 0.15) is 11.5 Å². The van der Waals surface area contributed by atoms with Gasteiger partial charge in [0.05, 0.1) is 11.2 Å². The fourth-order valence-corrected chi connectivity index (χ4v) is 3.91. The fourth-order valence-electron chi connectivity index (χ4n) is 3.91. The maximum Gasteiger partial charge on any atom is 0.526 e. The third-order valence-corrected chi connectivity index (χ3v) is 5.43. The second kappa shape index (κ2) is 7.38. The molecule has 1 atom stereocenters. The van der Waals surface area contributed by atoms with Crippen LogP contribution in [0.4, 0.5) is 0 Å². The number of hydrogen-bond acceptors (Lipinski definition) is 6. The van der Waals surface area contributed by atoms with Crippen molar-refractivity contribution in [3.63, 3.8) is 0 Å². The molecule has 26 heavy (non-hydrogen) atoms. The Morgan fingerprint density at radius 3 is 2.65 bits per heavy atom. The number of carboxylic acids is 1. The number of hydrogen-bond donors (Lipinski definition) is 4. The first-order valence-electron chi connectivity index (χ1n) is 8.97. The Kier molecular flexibility index (Phi) is 5.36. The number of aromatic carboxylic acids is 1. The SMILES string of the molecule is NC1CCC(O)(CC(=O)C[C@H]2Cc3cccc(C(=O)O)c3OB2O)CC1. The van der Waals surface area contributed by atoms with Crippen molar-refractivity contribution in [1.82, 2.24) is 0 Å². The number of carbonyl (C=O) groups is 2. The van der Waals surface area contributed by atoms with Gasteiger partial charge in [-0.05, 0) is 43.7 Å². The van der Waals surface area contributed by atoms with E-state index in [0.717, 1.165) is 0 Å². The molecule has 8 heteroatoms. The minimum atomic E-state index is -1.25. The lowest BCUT2D eigenvalue weighted by atomic mass is 9.64. The molecule has 0 unspecified atom stereocenters. The van der Waals surface area contributed by atoms with E-state index >= 15 is 0 Å². The first-order chi connectivity index (χ1) is 12.3. The lowest BCUT2D eigenvalue weighted by Crippen LogP contribution is -2.41. The zero-order valence-electron chi connectivity index (χ0n) is 14.6. The average molecular weight is 361 g/mol. The first-order valence-corrected chi connectivity index (χ1v) is 8.97. The summed E-state index contributed by atoms with van der Waals surface area (Å²) in [5.74, 6) is -1.56. The van der Waals surface area contributed by atoms with E-state index in [9.17, 15) is 24.8 Å². The standard InChI is InChI=1S/C18H24BNO6/c20-13-4-6-18(24,7-5-13)10-14(21)9-12-8-11-2-1-3-15(17(22)23)16(11)26-19(12)25/h1-3,12-13,24-25H,4-10,20H2,(H,22,23)/t12-,13?,18?/m1/s1. The summed E-state index contributed by atoms with van der Waals surface area (Å²) in [6.45, 7) is 0. The molecule has 1 saturated carbocycles. The molecule has 0 saturated heterocycles. The molecule has 5 N–H and O–H groups in total. The third-order valence-electron chi connectivity index (χ3n) is 5.43. The lowest BCUT2D eigenvalue weighted by molar-refractivity contribution is -0.125. The topological polar surface area (TPSA) is 130 Å². The molecule has 0 aromatic heterocycles. The molecule has 0 spiro atoms. The van der Waals surface area contributed by atoms with Crippen molar-refractivity contribution < 1.29 is 29.5 Å². The quantitative estimate of drug-likeness (QED) is 0.579. The van der Waals surface area contributed by atoms with Crippen molar-refractivity contribution in [1.29, 1.82) is 0 Å². The monoisotopic (exact) mass is 361 g/mol. The maximum absolute atomic E-state index is 12.4. The first kappa shape index (κ1) is 18.9. The van der Waals surface area contributed by atoms with E-state index in [1.165, 1.54) is 6.07 Å². The highest BCUT2D eigenvalue weighted by molar-refractivity contribution is 6.47. The van der Waals surface area contributed by atoms with Crippen LogP contribution in [0.5, 0.6) is 5.75 Å². The molecule has 2 aliphatic rings. The van der Waals surface area contributed by atoms with Crippen LogP contribution < -0.4 is 10.4 Å². The summed E-state index contributed by atoms with van der Waals surface area (Å²) >= 11 is 0. The van der Waals surface area contributed by atoms with Crippen LogP contribution in [0.1, 0.15) is 54.4 Å². The molecule has 1 aliphatic carbocycles. The van der Waals surface area contributed by atoms with Gasteiger partial charge >= 0.3 is 13.1 Å². The fraction of sp³-hybridized carbons (Fsp3) is 0.556. The Morgan fingerprint density at radius 2 is 2.00 bits per heavy atom. The highest BCUT2D eigenvalue weighted by Gasteiger charge is 2.40. The van der Waals surface area contributed by atoms with Crippen molar-refractivity contribution in [2.45, 2.75) is 62.4 Å². The molecular formula is C18H24BNO6. The Balaban J connectivity index is 1.65. The highest BCUT2D eigenvalue weighted by Crippen LogP contribution is 2.37. The van der Waals surface area contributed by atoms with E-state index in [0.29, 0.717) is 37.7 Å². The van der Waals surface area contributed by atoms with E-state index in [-0.39, 0.29) is 36.0 Å². The van der Waals surface area contributed by atoms with Crippen molar-refractivity contribution in [2.24, 2.45) is 5.73 Å². The number of nitrogens with two attached hydrogens (primary N) is 1. The number of ketones is 1. The Labute approximate surface area is 152 Å². The number of benzene rings is 1. The van der Waals surface area contributed by atoms with Crippen LogP contribution in [0, 0.1) is 0 Å². The molecule has 140 valence electrons. The van der Waals surface area contributed by atoms with Crippen molar-refractivity contribution in [3.05, 3.63) is 29.3 Å². The van der Waals surface area contributed by atoms with Gasteiger partial charge in [-0.1, -0.05) is 12.1 Å². The van der Waals surface area contributed by atoms with Crippen molar-refractivity contribution >= 4 is 18.9 Å². The number of para-hydroxylation sites is 1. The minimum Gasteiger partial charge on any atom is -0.535 e. The summed E-state index contributed by atoms with van der Waals surface area (Å²) in [4.78, 5) is 23.7. The largest absolute Gasteiger partial charge is 0.535 e. The molecule has 1 heterocycles. The van der Waals surface area contributed by atoms with Gasteiger partial charge in [0, 0.05) is 24.7 Å². The average Bonchev–Trinajstić information content (AvgIpc) is 2.57. The van der Waals surface area contributed by atoms with Crippen LogP contribution in [0.3, 0.4) is 0 Å². The van der Waals surface area contributed by atoms with Gasteiger partial charge in [-0.25, -0.2) is 4.79 Å². The lowest BCUT2D eigenvalue weighted by Gasteiger charge is -2.35. The van der Waals surface area contributed by atoms with Crippen LogP contribution >= 0.6 is 0 Å². The van der Waals surface area contributed by atoms with E-state index in [1.807, 2.05) is 0 Å². The Morgan fingerprint density at radius 1 is 1.31 bits per heavy atom. The predicted octanol–water partition coefficient (Wildman–Crippen LogP) is 1.15. The predicted molar refractivity (Wildman–Crippen MR) is 95.1 cm³/mol. The van der Waals surface area contributed by atoms with Crippen LogP contribution in [-0.4, -0.2) is 45.8 Å². The Hall–Kier alpha value is -1.90. The third kappa shape index (κ3) is 4.08. The van der Waals surface area contributed by atoms with Crippen molar-refractivity contribution in [3.8, 4) is 5.75 Å². The summed E-state index contributed by atoms with van der Waals surface area (Å²) in [5.41, 5.74) is 5.50. The number of rotatable bonds is 5. The number of carboxylic acid groups (broad SMARTS) is 1. The van der Waals surface area contributed by atoms with E-state index in [1.54, 1.807) is 12.1 Å². The summed E-state index contributed by atoms with van der Waals surface area (Å²) in [7, 11) is -1.25. The normalized spacial score (nSPS) is 28.2. The number of fused-ring (bicyclic) bond motifs is 1. The van der Waals surface area contributed by atoms with E-state index in [4.69, 9.17) is 10.4 Å². The minimum absolute atomic E-state index is 0.000757. The molecule has 0 bridgehead atoms. The van der Waals surface area contributed by atoms with Crippen LogP contribution in [-0.2, 0) is 11.2 Å². The van der Waals surface area contributed by atoms with E-state index < -0.39 is 24.5 Å². The van der Waals surface area contributed by atoms with Gasteiger partial charge in [0.25, 0.3) is 0 Å². The summed E-state index contributed by atoms with van der Waals surface area (Å²) in [6, 6.07) is 4.86. The zero-order valence-corrected chi connectivity index (χ0v) is 14.6. The molecule has 0 radical (unpaired) electrons. The summed E-state index contributed by atoms with van der Waals surface area (Å²) < 4.78 is 5.41. The van der Waals surface area contributed by atoms with Gasteiger partial charge in [-0.3, -0.25) is 4.79 Å². The summed E-state index contributed by atoms with van der Waals surface area (Å²) in [5, 5.41) is 30.0. The van der Waals surface area contributed by atoms with E-state index in [2.05, 4.69) is 0 Å². The van der Waals surface area contributed by atoms with Gasteiger partial charge in [-0.2, -0.15) is 0 Å². The number of aliphatic hydroxyl groups is 1. The van der Waals surface area contributed by atoms with Gasteiger partial charge < -0.3 is 25.6 Å². The molecule has 0 amide bonds. The second-order valence-corrected chi connectivity index (χ2v) is 7.55. The Bertz CT molecular complexity index is 701. The number of carbonyl (C=O) groups excluding carboxylic acids is 1. The van der Waals surface area contributed by atoms with Gasteiger partial charge in [-0.15, -0.1) is 0 Å². The molecule has 1 aliphatic heterocycles. The molecule has 7 nitrogen and oxygen atoms in total. The van der Waals surface area contributed by atoms with Crippen LogP contribution in [0.2, 0.25) is 5.82 Å².